The molecule has 3 aromatic rings. The molecular weight excluding hydrogens is 256 g/mol. The van der Waals surface area contributed by atoms with Crippen LogP contribution in [0.3, 0.4) is 0 Å². The quantitative estimate of drug-likeness (QED) is 0.731. The predicted molar refractivity (Wildman–Crippen MR) is 70.7 cm³/mol. The van der Waals surface area contributed by atoms with Gasteiger partial charge < -0.3 is 4.98 Å². The number of fused-ring (bicyclic) bond motifs is 1. The lowest BCUT2D eigenvalue weighted by molar-refractivity contribution is 1.18. The Labute approximate surface area is 106 Å². The van der Waals surface area contributed by atoms with Gasteiger partial charge in [-0.3, -0.25) is 4.79 Å². The molecule has 0 aliphatic rings. The van der Waals surface area contributed by atoms with Crippen molar-refractivity contribution in [3.05, 3.63) is 52.0 Å². The number of H-pyrrole nitrogens is 1. The van der Waals surface area contributed by atoms with Crippen molar-refractivity contribution in [3.63, 3.8) is 0 Å². The summed E-state index contributed by atoms with van der Waals surface area (Å²) in [6.07, 6.45) is 1.41. The van der Waals surface area contributed by atoms with Gasteiger partial charge in [0.25, 0.3) is 5.56 Å². The average molecular weight is 263 g/mol. The molecule has 2 aromatic heterocycles. The Kier molecular flexibility index (Phi) is 2.46. The number of aromatic nitrogens is 2. The minimum absolute atomic E-state index is 0.113. The van der Waals surface area contributed by atoms with Gasteiger partial charge in [0.1, 0.15) is 4.70 Å². The van der Waals surface area contributed by atoms with Gasteiger partial charge in [-0.2, -0.15) is 0 Å². The molecular formula is C12H7ClN2OS. The molecule has 3 nitrogen and oxygen atoms in total. The Morgan fingerprint density at radius 1 is 1.29 bits per heavy atom. The highest BCUT2D eigenvalue weighted by molar-refractivity contribution is 7.22. The maximum Gasteiger partial charge on any atom is 0.268 e. The fraction of sp³-hybridized carbons (Fsp3) is 0. The first-order chi connectivity index (χ1) is 8.25. The first-order valence-corrected chi connectivity index (χ1v) is 6.17. The van der Waals surface area contributed by atoms with E-state index in [1.165, 1.54) is 17.7 Å². The molecule has 0 spiro atoms. The lowest BCUT2D eigenvalue weighted by Gasteiger charge is -1.98. The normalized spacial score (nSPS) is 10.9. The number of hydrogen-bond donors (Lipinski definition) is 1. The predicted octanol–water partition coefficient (Wildman–Crippen LogP) is 3.31. The van der Waals surface area contributed by atoms with Crippen LogP contribution in [0.4, 0.5) is 0 Å². The molecule has 0 fully saturated rings. The molecule has 1 aromatic carbocycles. The summed E-state index contributed by atoms with van der Waals surface area (Å²) in [6, 6.07) is 9.45. The number of halogens is 1. The zero-order valence-electron chi connectivity index (χ0n) is 8.61. The Bertz CT molecular complexity index is 747. The van der Waals surface area contributed by atoms with Gasteiger partial charge in [0, 0.05) is 15.5 Å². The first-order valence-electron chi connectivity index (χ1n) is 4.98. The van der Waals surface area contributed by atoms with E-state index < -0.39 is 0 Å². The highest BCUT2D eigenvalue weighted by Crippen LogP contribution is 2.34. The smallest absolute Gasteiger partial charge is 0.268 e. The van der Waals surface area contributed by atoms with Crippen LogP contribution < -0.4 is 5.56 Å². The number of benzene rings is 1. The van der Waals surface area contributed by atoms with Crippen LogP contribution in [0.25, 0.3) is 20.7 Å². The summed E-state index contributed by atoms with van der Waals surface area (Å²) in [6.45, 7) is 0. The second-order valence-corrected chi connectivity index (χ2v) is 5.00. The van der Waals surface area contributed by atoms with Gasteiger partial charge in [0.05, 0.1) is 11.8 Å². The third kappa shape index (κ3) is 1.75. The Morgan fingerprint density at radius 3 is 2.88 bits per heavy atom. The van der Waals surface area contributed by atoms with Crippen molar-refractivity contribution in [1.82, 2.24) is 9.97 Å². The highest BCUT2D eigenvalue weighted by Gasteiger charge is 2.09. The number of hydrogen-bond acceptors (Lipinski definition) is 3. The Hall–Kier alpha value is -1.65. The summed E-state index contributed by atoms with van der Waals surface area (Å²) < 4.78 is 0.627. The van der Waals surface area contributed by atoms with Gasteiger partial charge in [-0.1, -0.05) is 29.8 Å². The second-order valence-electron chi connectivity index (χ2n) is 3.54. The van der Waals surface area contributed by atoms with Crippen LogP contribution in [0.5, 0.6) is 0 Å². The van der Waals surface area contributed by atoms with Crippen molar-refractivity contribution in [1.29, 1.82) is 0 Å². The number of thiophene rings is 1. The van der Waals surface area contributed by atoms with Crippen LogP contribution in [0.1, 0.15) is 0 Å². The van der Waals surface area contributed by atoms with E-state index in [4.69, 9.17) is 11.6 Å². The molecule has 0 saturated heterocycles. The second kappa shape index (κ2) is 3.98. The third-order valence-electron chi connectivity index (χ3n) is 2.46. The molecule has 3 rings (SSSR count). The third-order valence-corrected chi connectivity index (χ3v) is 3.94. The highest BCUT2D eigenvalue weighted by atomic mass is 35.5. The summed E-state index contributed by atoms with van der Waals surface area (Å²) in [4.78, 5) is 19.2. The van der Waals surface area contributed by atoms with Gasteiger partial charge >= 0.3 is 0 Å². The fourth-order valence-electron chi connectivity index (χ4n) is 1.66. The van der Waals surface area contributed by atoms with Gasteiger partial charge in [0.15, 0.2) is 0 Å². The van der Waals surface area contributed by atoms with E-state index in [-0.39, 0.29) is 5.56 Å². The van der Waals surface area contributed by atoms with Crippen molar-refractivity contribution in [2.24, 2.45) is 0 Å². The van der Waals surface area contributed by atoms with E-state index in [1.807, 2.05) is 30.3 Å². The maximum absolute atomic E-state index is 11.6. The number of nitrogens with zero attached hydrogens (tertiary/aromatic N) is 1. The molecule has 1 N–H and O–H groups in total. The fourth-order valence-corrected chi connectivity index (χ4v) is 3.00. The van der Waals surface area contributed by atoms with Crippen LogP contribution in [0.15, 0.2) is 41.5 Å². The summed E-state index contributed by atoms with van der Waals surface area (Å²) in [5.41, 5.74) is 1.52. The van der Waals surface area contributed by atoms with Gasteiger partial charge in [0.2, 0.25) is 0 Å². The van der Waals surface area contributed by atoms with Crippen molar-refractivity contribution >= 4 is 33.2 Å². The molecule has 84 valence electrons. The van der Waals surface area contributed by atoms with Crippen LogP contribution in [-0.4, -0.2) is 9.97 Å². The molecule has 2 heterocycles. The minimum atomic E-state index is -0.113. The van der Waals surface area contributed by atoms with Gasteiger partial charge in [-0.05, 0) is 12.1 Å². The zero-order chi connectivity index (χ0) is 11.8. The van der Waals surface area contributed by atoms with Crippen LogP contribution in [-0.2, 0) is 0 Å². The average Bonchev–Trinajstić information content (AvgIpc) is 2.75. The van der Waals surface area contributed by atoms with E-state index in [0.29, 0.717) is 15.2 Å². The molecule has 0 saturated carbocycles. The standard InChI is InChI=1S/C12H7ClN2OS/c13-8-4-2-1-3-7(8)10-5-9-11(17-10)12(16)15-6-14-9/h1-6H,(H,14,15,16). The molecule has 0 unspecified atom stereocenters. The van der Waals surface area contributed by atoms with Crippen LogP contribution in [0, 0.1) is 0 Å². The van der Waals surface area contributed by atoms with Gasteiger partial charge in [-0.25, -0.2) is 4.98 Å². The summed E-state index contributed by atoms with van der Waals surface area (Å²) in [5.74, 6) is 0. The molecule has 17 heavy (non-hydrogen) atoms. The van der Waals surface area contributed by atoms with Crippen molar-refractivity contribution in [3.8, 4) is 10.4 Å². The van der Waals surface area contributed by atoms with E-state index in [0.717, 1.165) is 10.4 Å². The Morgan fingerprint density at radius 2 is 2.12 bits per heavy atom. The summed E-state index contributed by atoms with van der Waals surface area (Å²) in [5, 5.41) is 0.676. The van der Waals surface area contributed by atoms with E-state index >= 15 is 0 Å². The SMILES string of the molecule is O=c1[nH]cnc2cc(-c3ccccc3Cl)sc12. The van der Waals surface area contributed by atoms with E-state index in [1.54, 1.807) is 0 Å². The largest absolute Gasteiger partial charge is 0.312 e. The lowest BCUT2D eigenvalue weighted by atomic mass is 10.2. The lowest BCUT2D eigenvalue weighted by Crippen LogP contribution is -2.02. The van der Waals surface area contributed by atoms with Gasteiger partial charge in [-0.15, -0.1) is 11.3 Å². The van der Waals surface area contributed by atoms with E-state index in [2.05, 4.69) is 9.97 Å². The molecule has 5 heteroatoms. The van der Waals surface area contributed by atoms with E-state index in [9.17, 15) is 4.79 Å². The first kappa shape index (κ1) is 10.5. The molecule has 0 radical (unpaired) electrons. The van der Waals surface area contributed by atoms with Crippen molar-refractivity contribution in [2.75, 3.05) is 0 Å². The monoisotopic (exact) mass is 262 g/mol. The molecule has 0 amide bonds. The molecule has 0 atom stereocenters. The van der Waals surface area contributed by atoms with Crippen molar-refractivity contribution < 1.29 is 0 Å². The summed E-state index contributed by atoms with van der Waals surface area (Å²) in [7, 11) is 0. The number of nitrogens with one attached hydrogen (secondary N) is 1. The maximum atomic E-state index is 11.6. The molecule has 0 aliphatic carbocycles. The zero-order valence-corrected chi connectivity index (χ0v) is 10.2. The van der Waals surface area contributed by atoms with Crippen LogP contribution >= 0.6 is 22.9 Å². The van der Waals surface area contributed by atoms with Crippen molar-refractivity contribution in [2.45, 2.75) is 0 Å². The van der Waals surface area contributed by atoms with Crippen LogP contribution in [0.2, 0.25) is 5.02 Å². The Balaban J connectivity index is 2.30. The topological polar surface area (TPSA) is 45.8 Å². The molecule has 0 aliphatic heterocycles. The number of aromatic amines is 1. The minimum Gasteiger partial charge on any atom is -0.312 e. The summed E-state index contributed by atoms with van der Waals surface area (Å²) >= 11 is 7.53. The molecule has 0 bridgehead atoms. The number of rotatable bonds is 1.